The maximum Gasteiger partial charge on any atom is 0.131 e. The number of aliphatic hydroxyl groups is 1. The second-order valence-corrected chi connectivity index (χ2v) is 4.73. The molecule has 2 nitrogen and oxygen atoms in total. The van der Waals surface area contributed by atoms with Gasteiger partial charge >= 0.3 is 0 Å². The first-order valence-electron chi connectivity index (χ1n) is 6.32. The zero-order valence-electron chi connectivity index (χ0n) is 11.1. The maximum absolute atomic E-state index is 13.4. The fourth-order valence-corrected chi connectivity index (χ4v) is 1.78. The Morgan fingerprint density at radius 3 is 2.28 bits per heavy atom. The molecule has 0 aliphatic heterocycles. The van der Waals surface area contributed by atoms with Crippen LogP contribution >= 0.6 is 0 Å². The van der Waals surface area contributed by atoms with Gasteiger partial charge in [0.25, 0.3) is 0 Å². The van der Waals surface area contributed by atoms with Gasteiger partial charge in [0.1, 0.15) is 11.6 Å². The third-order valence-electron chi connectivity index (χ3n) is 3.46. The molecule has 0 heterocycles. The summed E-state index contributed by atoms with van der Waals surface area (Å²) < 4.78 is 26.8. The van der Waals surface area contributed by atoms with Crippen LogP contribution < -0.4 is 5.32 Å². The Bertz CT molecular complexity index is 364. The molecule has 3 unspecified atom stereocenters. The number of halogens is 2. The van der Waals surface area contributed by atoms with E-state index in [2.05, 4.69) is 19.2 Å². The zero-order chi connectivity index (χ0) is 13.7. The first-order chi connectivity index (χ1) is 8.47. The van der Waals surface area contributed by atoms with Gasteiger partial charge in [-0.3, -0.25) is 0 Å². The number of hydrogen-bond donors (Lipinski definition) is 2. The molecule has 1 aromatic carbocycles. The summed E-state index contributed by atoms with van der Waals surface area (Å²) in [6.07, 6.45) is -0.157. The summed E-state index contributed by atoms with van der Waals surface area (Å²) in [6.45, 7) is 6.31. The van der Waals surface area contributed by atoms with Crippen molar-refractivity contribution in [3.63, 3.8) is 0 Å². The molecule has 0 aromatic heterocycles. The predicted molar refractivity (Wildman–Crippen MR) is 68.2 cm³/mol. The van der Waals surface area contributed by atoms with E-state index in [0.717, 1.165) is 18.6 Å². The van der Waals surface area contributed by atoms with E-state index in [1.54, 1.807) is 0 Å². The Hall–Kier alpha value is -1.00. The Labute approximate surface area is 107 Å². The summed E-state index contributed by atoms with van der Waals surface area (Å²) in [6, 6.07) is 3.79. The minimum Gasteiger partial charge on any atom is -0.387 e. The molecule has 1 rings (SSSR count). The molecule has 0 amide bonds. The molecule has 2 N–H and O–H groups in total. The maximum atomic E-state index is 13.4. The van der Waals surface area contributed by atoms with Gasteiger partial charge in [0, 0.05) is 12.6 Å². The predicted octanol–water partition coefficient (Wildman–Crippen LogP) is 3.02. The van der Waals surface area contributed by atoms with Gasteiger partial charge in [-0.25, -0.2) is 8.78 Å². The molecule has 18 heavy (non-hydrogen) atoms. The van der Waals surface area contributed by atoms with Gasteiger partial charge in [-0.1, -0.05) is 26.3 Å². The van der Waals surface area contributed by atoms with E-state index in [4.69, 9.17) is 0 Å². The molecule has 0 saturated carbocycles. The minimum atomic E-state index is -1.17. The lowest BCUT2D eigenvalue weighted by molar-refractivity contribution is 0.157. The fourth-order valence-electron chi connectivity index (χ4n) is 1.78. The van der Waals surface area contributed by atoms with Gasteiger partial charge in [0.15, 0.2) is 0 Å². The molecule has 0 radical (unpaired) electrons. The van der Waals surface area contributed by atoms with E-state index in [9.17, 15) is 13.9 Å². The first-order valence-corrected chi connectivity index (χ1v) is 6.32. The van der Waals surface area contributed by atoms with E-state index in [-0.39, 0.29) is 18.2 Å². The highest BCUT2D eigenvalue weighted by atomic mass is 19.1. The smallest absolute Gasteiger partial charge is 0.131 e. The van der Waals surface area contributed by atoms with E-state index < -0.39 is 17.7 Å². The monoisotopic (exact) mass is 257 g/mol. The van der Waals surface area contributed by atoms with Crippen molar-refractivity contribution in [1.82, 2.24) is 5.32 Å². The number of nitrogens with one attached hydrogen (secondary N) is 1. The van der Waals surface area contributed by atoms with E-state index in [0.29, 0.717) is 5.92 Å². The molecule has 0 aliphatic carbocycles. The summed E-state index contributed by atoms with van der Waals surface area (Å²) in [7, 11) is 0. The highest BCUT2D eigenvalue weighted by Crippen LogP contribution is 2.20. The summed E-state index contributed by atoms with van der Waals surface area (Å²) in [4.78, 5) is 0. The average molecular weight is 257 g/mol. The van der Waals surface area contributed by atoms with Crippen LogP contribution in [-0.2, 0) is 0 Å². The lowest BCUT2D eigenvalue weighted by Crippen LogP contribution is -2.35. The second kappa shape index (κ2) is 6.81. The molecule has 4 heteroatoms. The van der Waals surface area contributed by atoms with Crippen LogP contribution in [0.4, 0.5) is 8.78 Å². The van der Waals surface area contributed by atoms with Crippen LogP contribution in [0.25, 0.3) is 0 Å². The molecular weight excluding hydrogens is 236 g/mol. The molecule has 3 atom stereocenters. The molecule has 0 bridgehead atoms. The number of hydrogen-bond acceptors (Lipinski definition) is 2. The topological polar surface area (TPSA) is 32.3 Å². The van der Waals surface area contributed by atoms with Gasteiger partial charge in [-0.2, -0.15) is 0 Å². The number of rotatable bonds is 6. The molecular formula is C14H21F2NO. The van der Waals surface area contributed by atoms with E-state index in [1.807, 2.05) is 6.92 Å². The van der Waals surface area contributed by atoms with Crippen molar-refractivity contribution in [2.24, 2.45) is 5.92 Å². The van der Waals surface area contributed by atoms with Crippen molar-refractivity contribution in [3.8, 4) is 0 Å². The van der Waals surface area contributed by atoms with Crippen LogP contribution in [0, 0.1) is 17.6 Å². The summed E-state index contributed by atoms with van der Waals surface area (Å²) >= 11 is 0. The lowest BCUT2D eigenvalue weighted by Gasteiger charge is -2.22. The van der Waals surface area contributed by atoms with Crippen molar-refractivity contribution in [2.75, 3.05) is 6.54 Å². The van der Waals surface area contributed by atoms with Gasteiger partial charge in [0.2, 0.25) is 0 Å². The van der Waals surface area contributed by atoms with Gasteiger partial charge in [-0.15, -0.1) is 0 Å². The summed E-state index contributed by atoms with van der Waals surface area (Å²) in [5, 5.41) is 12.9. The molecule has 0 aliphatic rings. The van der Waals surface area contributed by atoms with Crippen molar-refractivity contribution >= 4 is 0 Å². The van der Waals surface area contributed by atoms with Gasteiger partial charge in [0.05, 0.1) is 11.7 Å². The molecule has 0 saturated heterocycles. The van der Waals surface area contributed by atoms with E-state index in [1.165, 1.54) is 6.07 Å². The Kier molecular flexibility index (Phi) is 5.69. The molecule has 0 fully saturated rings. The van der Waals surface area contributed by atoms with Crippen LogP contribution in [0.2, 0.25) is 0 Å². The molecule has 0 spiro atoms. The fraction of sp³-hybridized carbons (Fsp3) is 0.571. The van der Waals surface area contributed by atoms with Crippen LogP contribution in [0.1, 0.15) is 38.9 Å². The largest absolute Gasteiger partial charge is 0.387 e. The molecule has 102 valence electrons. The second-order valence-electron chi connectivity index (χ2n) is 4.73. The Morgan fingerprint density at radius 2 is 1.78 bits per heavy atom. The Morgan fingerprint density at radius 1 is 1.22 bits per heavy atom. The normalized spacial score (nSPS) is 16.3. The zero-order valence-corrected chi connectivity index (χ0v) is 11.1. The third kappa shape index (κ3) is 3.75. The third-order valence-corrected chi connectivity index (χ3v) is 3.46. The minimum absolute atomic E-state index is 0.142. The van der Waals surface area contributed by atoms with Crippen LogP contribution in [0.5, 0.6) is 0 Å². The van der Waals surface area contributed by atoms with Crippen LogP contribution in [-0.4, -0.2) is 17.7 Å². The van der Waals surface area contributed by atoms with Crippen LogP contribution in [0.15, 0.2) is 18.2 Å². The number of aliphatic hydroxyl groups excluding tert-OH is 1. The van der Waals surface area contributed by atoms with Gasteiger partial charge in [-0.05, 0) is 25.0 Å². The van der Waals surface area contributed by atoms with E-state index >= 15 is 0 Å². The highest BCUT2D eigenvalue weighted by Gasteiger charge is 2.19. The lowest BCUT2D eigenvalue weighted by atomic mass is 10.0. The van der Waals surface area contributed by atoms with Crippen LogP contribution in [0.3, 0.4) is 0 Å². The number of benzene rings is 1. The van der Waals surface area contributed by atoms with Crippen molar-refractivity contribution in [2.45, 2.75) is 39.3 Å². The SMILES string of the molecule is CCC(C)C(C)NCC(O)c1c(F)cccc1F. The van der Waals surface area contributed by atoms with Gasteiger partial charge < -0.3 is 10.4 Å². The molecule has 1 aromatic rings. The Balaban J connectivity index is 2.63. The summed E-state index contributed by atoms with van der Waals surface area (Å²) in [5.74, 6) is -0.969. The van der Waals surface area contributed by atoms with Crippen molar-refractivity contribution in [1.29, 1.82) is 0 Å². The average Bonchev–Trinajstić information content (AvgIpc) is 2.34. The first kappa shape index (κ1) is 15.1. The standard InChI is InChI=1S/C14H21F2NO/c1-4-9(2)10(3)17-8-13(18)14-11(15)6-5-7-12(14)16/h5-7,9-10,13,17-18H,4,8H2,1-3H3. The summed E-state index contributed by atoms with van der Waals surface area (Å²) in [5.41, 5.74) is -0.263. The quantitative estimate of drug-likeness (QED) is 0.821. The highest BCUT2D eigenvalue weighted by molar-refractivity contribution is 5.22. The van der Waals surface area contributed by atoms with Crippen molar-refractivity contribution < 1.29 is 13.9 Å². The van der Waals surface area contributed by atoms with Crippen molar-refractivity contribution in [3.05, 3.63) is 35.4 Å².